The molecule has 0 aliphatic rings. The lowest BCUT2D eigenvalue weighted by Gasteiger charge is -2.00. The monoisotopic (exact) mass is 404 g/mol. The number of ether oxygens (including phenoxy) is 1. The van der Waals surface area contributed by atoms with Crippen molar-refractivity contribution in [2.45, 2.75) is 103 Å². The molecule has 0 spiro atoms. The molecule has 0 saturated heterocycles. The van der Waals surface area contributed by atoms with Gasteiger partial charge in [-0.2, -0.15) is 0 Å². The first-order chi connectivity index (χ1) is 14.2. The Labute approximate surface area is 179 Å². The predicted molar refractivity (Wildman–Crippen MR) is 124 cm³/mol. The molecule has 0 bridgehead atoms. The van der Waals surface area contributed by atoms with Crippen LogP contribution < -0.4 is 0 Å². The Kier molecular flexibility index (Phi) is 21.4. The summed E-state index contributed by atoms with van der Waals surface area (Å²) in [4.78, 5) is 10.9. The van der Waals surface area contributed by atoms with Crippen LogP contribution in [-0.4, -0.2) is 18.2 Å². The molecule has 1 aromatic rings. The van der Waals surface area contributed by atoms with Crippen LogP contribution in [0.5, 0.6) is 0 Å². The third-order valence-electron chi connectivity index (χ3n) is 4.90. The van der Waals surface area contributed by atoms with Crippen molar-refractivity contribution in [2.24, 2.45) is 0 Å². The van der Waals surface area contributed by atoms with Gasteiger partial charge in [0.25, 0.3) is 0 Å². The molecule has 29 heavy (non-hydrogen) atoms. The van der Waals surface area contributed by atoms with E-state index in [1.54, 1.807) is 0 Å². The van der Waals surface area contributed by atoms with Crippen LogP contribution in [0.15, 0.2) is 42.5 Å². The van der Waals surface area contributed by atoms with E-state index >= 15 is 0 Å². The van der Waals surface area contributed by atoms with Crippen molar-refractivity contribution in [1.82, 2.24) is 0 Å². The van der Waals surface area contributed by atoms with E-state index in [-0.39, 0.29) is 12.6 Å². The Balaban J connectivity index is 0.000000807. The number of methoxy groups -OCH3 is 1. The summed E-state index contributed by atoms with van der Waals surface area (Å²) in [6.07, 6.45) is 22.0. The van der Waals surface area contributed by atoms with Crippen LogP contribution >= 0.6 is 0 Å². The summed E-state index contributed by atoms with van der Waals surface area (Å²) >= 11 is 0. The number of esters is 1. The van der Waals surface area contributed by atoms with Crippen molar-refractivity contribution in [3.05, 3.63) is 48.0 Å². The van der Waals surface area contributed by atoms with Gasteiger partial charge in [0.15, 0.2) is 0 Å². The molecule has 1 N–H and O–H groups in total. The fraction of sp³-hybridized carbons (Fsp3) is 0.654. The number of aliphatic hydroxyl groups is 1. The summed E-state index contributed by atoms with van der Waals surface area (Å²) in [6, 6.07) is 9.52. The Morgan fingerprint density at radius 2 is 1.34 bits per heavy atom. The molecule has 1 aromatic carbocycles. The number of unbranched alkanes of at least 4 members (excludes halogenated alkanes) is 11. The van der Waals surface area contributed by atoms with Gasteiger partial charge in [-0.3, -0.25) is 4.79 Å². The molecule has 0 radical (unpaired) electrons. The highest BCUT2D eigenvalue weighted by atomic mass is 16.5. The second kappa shape index (κ2) is 22.7. The number of carbonyl (C=O) groups excluding carboxylic acids is 1. The zero-order valence-electron chi connectivity index (χ0n) is 18.9. The maximum atomic E-state index is 10.9. The van der Waals surface area contributed by atoms with Crippen LogP contribution in [0.1, 0.15) is 102 Å². The second-order valence-electron chi connectivity index (χ2n) is 7.55. The highest BCUT2D eigenvalue weighted by Crippen LogP contribution is 2.10. The summed E-state index contributed by atoms with van der Waals surface area (Å²) in [5, 5.41) is 8.54. The van der Waals surface area contributed by atoms with E-state index in [0.29, 0.717) is 6.42 Å². The van der Waals surface area contributed by atoms with Crippen molar-refractivity contribution < 1.29 is 14.6 Å². The average molecular weight is 405 g/mol. The minimum atomic E-state index is -0.0763. The quantitative estimate of drug-likeness (QED) is 0.178. The topological polar surface area (TPSA) is 46.5 Å². The summed E-state index contributed by atoms with van der Waals surface area (Å²) in [5.41, 5.74) is 0.965. The van der Waals surface area contributed by atoms with E-state index in [2.05, 4.69) is 23.8 Å². The van der Waals surface area contributed by atoms with E-state index in [1.165, 1.54) is 77.7 Å². The van der Waals surface area contributed by atoms with Crippen LogP contribution in [0.3, 0.4) is 0 Å². The summed E-state index contributed by atoms with van der Waals surface area (Å²) in [5.74, 6) is -0.0763. The van der Waals surface area contributed by atoms with Gasteiger partial charge in [-0.25, -0.2) is 0 Å². The lowest BCUT2D eigenvalue weighted by molar-refractivity contribution is -0.140. The van der Waals surface area contributed by atoms with E-state index in [4.69, 9.17) is 5.11 Å². The van der Waals surface area contributed by atoms with Crippen LogP contribution in [0, 0.1) is 0 Å². The van der Waals surface area contributed by atoms with Gasteiger partial charge in [0.1, 0.15) is 0 Å². The standard InChI is InChI=1S/C19H36O2.C7H8O/c1-3-4-5-6-7-8-9-10-11-12-13-14-15-16-17-18-19(20)21-2;8-6-7-4-2-1-3-5-7/h10-11H,3-9,12-18H2,1-2H3;1-5,8H,6H2/b11-10-;. The van der Waals surface area contributed by atoms with Gasteiger partial charge >= 0.3 is 5.97 Å². The molecule has 0 aliphatic heterocycles. The van der Waals surface area contributed by atoms with Crippen LogP contribution in [0.4, 0.5) is 0 Å². The third kappa shape index (κ3) is 20.9. The Morgan fingerprint density at radius 3 is 1.83 bits per heavy atom. The molecular weight excluding hydrogens is 360 g/mol. The molecule has 0 fully saturated rings. The van der Waals surface area contributed by atoms with Crippen LogP contribution in [0.25, 0.3) is 0 Å². The Morgan fingerprint density at radius 1 is 0.828 bits per heavy atom. The number of benzene rings is 1. The molecule has 0 aromatic heterocycles. The smallest absolute Gasteiger partial charge is 0.305 e. The summed E-state index contributed by atoms with van der Waals surface area (Å²) in [6.45, 7) is 2.41. The minimum Gasteiger partial charge on any atom is -0.469 e. The first-order valence-electron chi connectivity index (χ1n) is 11.6. The second-order valence-corrected chi connectivity index (χ2v) is 7.55. The number of hydrogen-bond donors (Lipinski definition) is 1. The van der Waals surface area contributed by atoms with Gasteiger partial charge in [-0.15, -0.1) is 0 Å². The largest absolute Gasteiger partial charge is 0.469 e. The summed E-state index contributed by atoms with van der Waals surface area (Å²) in [7, 11) is 1.46. The van der Waals surface area contributed by atoms with Gasteiger partial charge in [-0.05, 0) is 37.7 Å². The SMILES string of the molecule is CCCCCCCC/C=C\CCCCCCCC(=O)OC.OCc1ccccc1. The lowest BCUT2D eigenvalue weighted by Crippen LogP contribution is -1.98. The van der Waals surface area contributed by atoms with Gasteiger partial charge < -0.3 is 9.84 Å². The molecule has 0 saturated carbocycles. The fourth-order valence-corrected chi connectivity index (χ4v) is 3.03. The van der Waals surface area contributed by atoms with E-state index in [9.17, 15) is 4.79 Å². The van der Waals surface area contributed by atoms with E-state index < -0.39 is 0 Å². The van der Waals surface area contributed by atoms with Crippen molar-refractivity contribution in [3.63, 3.8) is 0 Å². The highest BCUT2D eigenvalue weighted by molar-refractivity contribution is 5.68. The van der Waals surface area contributed by atoms with Crippen molar-refractivity contribution in [2.75, 3.05) is 7.11 Å². The molecule has 0 aliphatic carbocycles. The first kappa shape index (κ1) is 27.4. The van der Waals surface area contributed by atoms with Crippen molar-refractivity contribution in [1.29, 1.82) is 0 Å². The van der Waals surface area contributed by atoms with Crippen LogP contribution in [-0.2, 0) is 16.1 Å². The maximum Gasteiger partial charge on any atom is 0.305 e. The molecule has 1 rings (SSSR count). The zero-order chi connectivity index (χ0) is 21.4. The molecule has 0 heterocycles. The molecule has 0 amide bonds. The molecule has 166 valence electrons. The van der Waals surface area contributed by atoms with Gasteiger partial charge in [0.2, 0.25) is 0 Å². The van der Waals surface area contributed by atoms with Crippen molar-refractivity contribution in [3.8, 4) is 0 Å². The third-order valence-corrected chi connectivity index (χ3v) is 4.90. The average Bonchev–Trinajstić information content (AvgIpc) is 2.77. The highest BCUT2D eigenvalue weighted by Gasteiger charge is 1.98. The minimum absolute atomic E-state index is 0.0763. The van der Waals surface area contributed by atoms with Gasteiger partial charge in [0.05, 0.1) is 13.7 Å². The predicted octanol–water partition coefficient (Wildman–Crippen LogP) is 7.38. The lowest BCUT2D eigenvalue weighted by atomic mass is 10.1. The van der Waals surface area contributed by atoms with Gasteiger partial charge in [0, 0.05) is 6.42 Å². The van der Waals surface area contributed by atoms with Gasteiger partial charge in [-0.1, -0.05) is 101 Å². The number of rotatable bonds is 16. The van der Waals surface area contributed by atoms with E-state index in [0.717, 1.165) is 18.4 Å². The van der Waals surface area contributed by atoms with E-state index in [1.807, 2.05) is 30.3 Å². The van der Waals surface area contributed by atoms with Crippen LogP contribution in [0.2, 0.25) is 0 Å². The first-order valence-corrected chi connectivity index (χ1v) is 11.6. The number of carbonyl (C=O) groups is 1. The molecule has 3 nitrogen and oxygen atoms in total. The zero-order valence-corrected chi connectivity index (χ0v) is 18.9. The fourth-order valence-electron chi connectivity index (χ4n) is 3.03. The van der Waals surface area contributed by atoms with Crippen molar-refractivity contribution >= 4 is 5.97 Å². The normalized spacial score (nSPS) is 10.6. The molecule has 3 heteroatoms. The maximum absolute atomic E-state index is 10.9. The Hall–Kier alpha value is -1.61. The number of aliphatic hydroxyl groups excluding tert-OH is 1. The number of hydrogen-bond acceptors (Lipinski definition) is 3. The Bertz CT molecular complexity index is 482. The molecule has 0 unspecified atom stereocenters. The summed E-state index contributed by atoms with van der Waals surface area (Å²) < 4.78 is 4.62. The molecular formula is C26H44O3. The molecule has 0 atom stereocenters. The number of allylic oxidation sites excluding steroid dienone is 2.